The predicted octanol–water partition coefficient (Wildman–Crippen LogP) is 7.01. The molecule has 1 N–H and O–H groups in total. The summed E-state index contributed by atoms with van der Waals surface area (Å²) < 4.78 is 6.51. The fraction of sp³-hybridized carbons (Fsp3) is 0.0800. The van der Waals surface area contributed by atoms with Crippen molar-refractivity contribution >= 4 is 79.7 Å². The first-order valence-electron chi connectivity index (χ1n) is 10.3. The van der Waals surface area contributed by atoms with Crippen LogP contribution in [-0.4, -0.2) is 28.5 Å². The molecule has 1 saturated heterocycles. The Morgan fingerprint density at radius 3 is 2.54 bits per heavy atom. The van der Waals surface area contributed by atoms with Crippen LogP contribution >= 0.6 is 50.9 Å². The number of benzene rings is 3. The molecule has 4 rings (SSSR count). The van der Waals surface area contributed by atoms with Crippen LogP contribution in [0.4, 0.5) is 10.5 Å². The second kappa shape index (κ2) is 11.3. The minimum atomic E-state index is -0.517. The van der Waals surface area contributed by atoms with E-state index in [1.165, 1.54) is 0 Å². The molecule has 35 heavy (non-hydrogen) atoms. The monoisotopic (exact) mass is 590 g/mol. The molecule has 0 bridgehead atoms. The SMILES string of the molecule is O=C(CN1C(=O)S/C(=C/c2ccc(OCc3ccc(Cl)cc3Cl)c(Br)c2)C1=O)Nc1ccccc1. The van der Waals surface area contributed by atoms with Gasteiger partial charge in [0, 0.05) is 21.3 Å². The molecule has 0 atom stereocenters. The molecule has 1 aliphatic rings. The number of thioether (sulfide) groups is 1. The summed E-state index contributed by atoms with van der Waals surface area (Å²) in [6.07, 6.45) is 1.60. The third-order valence-corrected chi connectivity index (χ3v) is 7.00. The number of imide groups is 1. The van der Waals surface area contributed by atoms with Gasteiger partial charge in [-0.25, -0.2) is 0 Å². The van der Waals surface area contributed by atoms with Crippen molar-refractivity contribution in [1.82, 2.24) is 4.90 Å². The van der Waals surface area contributed by atoms with E-state index >= 15 is 0 Å². The maximum Gasteiger partial charge on any atom is 0.294 e. The summed E-state index contributed by atoms with van der Waals surface area (Å²) in [6, 6.07) is 19.3. The van der Waals surface area contributed by atoms with E-state index < -0.39 is 17.1 Å². The van der Waals surface area contributed by atoms with E-state index in [1.807, 2.05) is 6.07 Å². The lowest BCUT2D eigenvalue weighted by Gasteiger charge is -2.12. The summed E-state index contributed by atoms with van der Waals surface area (Å²) in [7, 11) is 0. The molecule has 178 valence electrons. The van der Waals surface area contributed by atoms with Crippen molar-refractivity contribution in [2.75, 3.05) is 11.9 Å². The smallest absolute Gasteiger partial charge is 0.294 e. The van der Waals surface area contributed by atoms with Crippen molar-refractivity contribution in [3.63, 3.8) is 0 Å². The van der Waals surface area contributed by atoms with E-state index in [0.717, 1.165) is 22.2 Å². The number of nitrogens with one attached hydrogen (secondary N) is 1. The molecule has 6 nitrogen and oxygen atoms in total. The lowest BCUT2D eigenvalue weighted by atomic mass is 10.2. The van der Waals surface area contributed by atoms with Gasteiger partial charge in [-0.05, 0) is 75.7 Å². The molecule has 3 amide bonds. The fourth-order valence-electron chi connectivity index (χ4n) is 3.17. The molecule has 0 spiro atoms. The van der Waals surface area contributed by atoms with Crippen LogP contribution in [0.5, 0.6) is 5.75 Å². The van der Waals surface area contributed by atoms with Crippen LogP contribution in [0.15, 0.2) is 76.1 Å². The molecule has 10 heteroatoms. The number of nitrogens with zero attached hydrogens (tertiary/aromatic N) is 1. The molecule has 0 saturated carbocycles. The maximum atomic E-state index is 12.8. The molecule has 0 unspecified atom stereocenters. The number of amides is 3. The molecule has 0 radical (unpaired) electrons. The number of hydrogen-bond donors (Lipinski definition) is 1. The largest absolute Gasteiger partial charge is 0.488 e. The van der Waals surface area contributed by atoms with E-state index in [9.17, 15) is 14.4 Å². The van der Waals surface area contributed by atoms with Crippen LogP contribution < -0.4 is 10.1 Å². The summed E-state index contributed by atoms with van der Waals surface area (Å²) in [5.41, 5.74) is 2.07. The molecular weight excluding hydrogens is 575 g/mol. The second-order valence-corrected chi connectivity index (χ2v) is 10.1. The molecule has 3 aromatic rings. The van der Waals surface area contributed by atoms with Crippen molar-refractivity contribution in [1.29, 1.82) is 0 Å². The number of rotatable bonds is 7. The van der Waals surface area contributed by atoms with Gasteiger partial charge in [-0.2, -0.15) is 0 Å². The highest BCUT2D eigenvalue weighted by molar-refractivity contribution is 9.10. The summed E-state index contributed by atoms with van der Waals surface area (Å²) in [5, 5.41) is 3.23. The molecule has 0 aromatic heterocycles. The Labute approximate surface area is 224 Å². The molecule has 3 aromatic carbocycles. The third-order valence-electron chi connectivity index (χ3n) is 4.88. The van der Waals surface area contributed by atoms with Gasteiger partial charge >= 0.3 is 0 Å². The van der Waals surface area contributed by atoms with Crippen LogP contribution in [0.25, 0.3) is 6.08 Å². The first-order valence-corrected chi connectivity index (χ1v) is 12.6. The van der Waals surface area contributed by atoms with Crippen molar-refractivity contribution in [3.05, 3.63) is 97.3 Å². The summed E-state index contributed by atoms with van der Waals surface area (Å²) in [5.74, 6) is -0.388. The van der Waals surface area contributed by atoms with Gasteiger partial charge in [0.2, 0.25) is 5.91 Å². The van der Waals surface area contributed by atoms with Gasteiger partial charge < -0.3 is 10.1 Å². The number of para-hydroxylation sites is 1. The average molecular weight is 592 g/mol. The second-order valence-electron chi connectivity index (χ2n) is 7.40. The Balaban J connectivity index is 1.40. The first-order chi connectivity index (χ1) is 16.8. The minimum absolute atomic E-state index is 0.232. The van der Waals surface area contributed by atoms with Gasteiger partial charge in [0.05, 0.1) is 9.38 Å². The zero-order valence-electron chi connectivity index (χ0n) is 18.0. The Morgan fingerprint density at radius 2 is 1.83 bits per heavy atom. The molecule has 1 heterocycles. The van der Waals surface area contributed by atoms with Gasteiger partial charge in [-0.15, -0.1) is 0 Å². The molecule has 1 aliphatic heterocycles. The predicted molar refractivity (Wildman–Crippen MR) is 143 cm³/mol. The summed E-state index contributed by atoms with van der Waals surface area (Å²) in [4.78, 5) is 38.6. The van der Waals surface area contributed by atoms with Crippen LogP contribution in [0.1, 0.15) is 11.1 Å². The number of hydrogen-bond acceptors (Lipinski definition) is 5. The van der Waals surface area contributed by atoms with Crippen molar-refractivity contribution < 1.29 is 19.1 Å². The van der Waals surface area contributed by atoms with Gasteiger partial charge in [0.1, 0.15) is 18.9 Å². The standard InChI is InChI=1S/C25H17BrCl2N2O4S/c26-19-10-15(6-9-21(19)34-14-16-7-8-17(27)12-20(16)28)11-22-24(32)30(25(33)35-22)13-23(31)29-18-4-2-1-3-5-18/h1-12H,13-14H2,(H,29,31)/b22-11+. The van der Waals surface area contributed by atoms with Crippen LogP contribution in [-0.2, 0) is 16.2 Å². The highest BCUT2D eigenvalue weighted by atomic mass is 79.9. The van der Waals surface area contributed by atoms with E-state index in [1.54, 1.807) is 66.7 Å². The lowest BCUT2D eigenvalue weighted by Crippen LogP contribution is -2.36. The van der Waals surface area contributed by atoms with E-state index in [-0.39, 0.29) is 18.1 Å². The number of carbonyl (C=O) groups is 3. The maximum absolute atomic E-state index is 12.8. The molecular formula is C25H17BrCl2N2O4S. The lowest BCUT2D eigenvalue weighted by molar-refractivity contribution is -0.127. The highest BCUT2D eigenvalue weighted by Gasteiger charge is 2.36. The fourth-order valence-corrected chi connectivity index (χ4v) is 4.98. The summed E-state index contributed by atoms with van der Waals surface area (Å²) >= 11 is 16.4. The van der Waals surface area contributed by atoms with Crippen LogP contribution in [0.2, 0.25) is 10.0 Å². The highest BCUT2D eigenvalue weighted by Crippen LogP contribution is 2.34. The Kier molecular flexibility index (Phi) is 8.18. The van der Waals surface area contributed by atoms with Crippen molar-refractivity contribution in [2.45, 2.75) is 6.61 Å². The van der Waals surface area contributed by atoms with E-state index in [0.29, 0.717) is 31.5 Å². The summed E-state index contributed by atoms with van der Waals surface area (Å²) in [6.45, 7) is -0.113. The van der Waals surface area contributed by atoms with E-state index in [2.05, 4.69) is 21.2 Å². The Hall–Kier alpha value is -2.78. The molecule has 1 fully saturated rings. The number of carbonyl (C=O) groups excluding carboxylic acids is 3. The minimum Gasteiger partial charge on any atom is -0.488 e. The van der Waals surface area contributed by atoms with Crippen molar-refractivity contribution in [2.24, 2.45) is 0 Å². The zero-order chi connectivity index (χ0) is 24.9. The quantitative estimate of drug-likeness (QED) is 0.299. The van der Waals surface area contributed by atoms with Gasteiger partial charge in [0.15, 0.2) is 0 Å². The Bertz CT molecular complexity index is 1330. The van der Waals surface area contributed by atoms with Gasteiger partial charge in [-0.3, -0.25) is 19.3 Å². The zero-order valence-corrected chi connectivity index (χ0v) is 21.9. The van der Waals surface area contributed by atoms with Gasteiger partial charge in [-0.1, -0.05) is 53.5 Å². The number of ether oxygens (including phenoxy) is 1. The van der Waals surface area contributed by atoms with Crippen molar-refractivity contribution in [3.8, 4) is 5.75 Å². The topological polar surface area (TPSA) is 75.7 Å². The molecule has 0 aliphatic carbocycles. The number of halogens is 3. The average Bonchev–Trinajstić information content (AvgIpc) is 3.07. The normalized spacial score (nSPS) is 14.5. The first kappa shape index (κ1) is 25.3. The van der Waals surface area contributed by atoms with Crippen LogP contribution in [0.3, 0.4) is 0 Å². The third kappa shape index (κ3) is 6.46. The van der Waals surface area contributed by atoms with Gasteiger partial charge in [0.25, 0.3) is 11.1 Å². The van der Waals surface area contributed by atoms with E-state index in [4.69, 9.17) is 27.9 Å². The van der Waals surface area contributed by atoms with Crippen LogP contribution in [0, 0.1) is 0 Å². The Morgan fingerprint density at radius 1 is 1.06 bits per heavy atom. The number of anilines is 1.